The van der Waals surface area contributed by atoms with Gasteiger partial charge in [-0.2, -0.15) is 5.26 Å². The van der Waals surface area contributed by atoms with Gasteiger partial charge >= 0.3 is 0 Å². The maximum absolute atomic E-state index is 12.1. The van der Waals surface area contributed by atoms with Gasteiger partial charge in [-0.25, -0.2) is 0 Å². The van der Waals surface area contributed by atoms with Gasteiger partial charge in [-0.3, -0.25) is 4.79 Å². The van der Waals surface area contributed by atoms with E-state index in [4.69, 9.17) is 10.00 Å². The van der Waals surface area contributed by atoms with E-state index < -0.39 is 0 Å². The number of benzene rings is 1. The second-order valence-electron chi connectivity index (χ2n) is 4.53. The van der Waals surface area contributed by atoms with Gasteiger partial charge in [0.1, 0.15) is 13.1 Å². The number of carbonyl (C=O) groups excluding carboxylic acids is 1. The molecule has 1 saturated heterocycles. The van der Waals surface area contributed by atoms with Gasteiger partial charge in [0.05, 0.1) is 30.7 Å². The molecule has 1 heterocycles. The van der Waals surface area contributed by atoms with E-state index in [2.05, 4.69) is 11.4 Å². The number of rotatable bonds is 5. The minimum atomic E-state index is 0.00640. The van der Waals surface area contributed by atoms with E-state index in [0.717, 1.165) is 36.9 Å². The summed E-state index contributed by atoms with van der Waals surface area (Å²) >= 11 is 1.43. The van der Waals surface area contributed by atoms with Crippen LogP contribution in [0.15, 0.2) is 29.2 Å². The maximum Gasteiger partial charge on any atom is 0.279 e. The van der Waals surface area contributed by atoms with Crippen molar-refractivity contribution in [1.82, 2.24) is 0 Å². The molecular weight excluding hydrogens is 274 g/mol. The molecule has 1 aromatic carbocycles. The molecule has 0 radical (unpaired) electrons. The molecule has 0 spiro atoms. The van der Waals surface area contributed by atoms with Crippen LogP contribution in [0.3, 0.4) is 0 Å². The van der Waals surface area contributed by atoms with Gasteiger partial charge in [0.2, 0.25) is 0 Å². The van der Waals surface area contributed by atoms with Crippen molar-refractivity contribution in [3.05, 3.63) is 24.3 Å². The fourth-order valence-electron chi connectivity index (χ4n) is 2.06. The first-order chi connectivity index (χ1) is 9.79. The molecule has 0 bridgehead atoms. The second kappa shape index (κ2) is 7.90. The van der Waals surface area contributed by atoms with Crippen LogP contribution in [0.25, 0.3) is 0 Å². The molecule has 6 heteroatoms. The van der Waals surface area contributed by atoms with Gasteiger partial charge in [-0.15, -0.1) is 11.8 Å². The number of thioether (sulfide) groups is 1. The molecule has 0 saturated carbocycles. The Morgan fingerprint density at radius 1 is 1.40 bits per heavy atom. The summed E-state index contributed by atoms with van der Waals surface area (Å²) < 4.78 is 5.28. The first-order valence-electron chi connectivity index (χ1n) is 6.59. The lowest BCUT2D eigenvalue weighted by atomic mass is 10.3. The van der Waals surface area contributed by atoms with Crippen LogP contribution in [0.1, 0.15) is 0 Å². The molecule has 5 nitrogen and oxygen atoms in total. The number of anilines is 1. The molecule has 1 aromatic rings. The summed E-state index contributed by atoms with van der Waals surface area (Å²) in [5, 5.41) is 11.6. The highest BCUT2D eigenvalue weighted by atomic mass is 32.2. The van der Waals surface area contributed by atoms with Crippen molar-refractivity contribution in [2.24, 2.45) is 0 Å². The van der Waals surface area contributed by atoms with Crippen LogP contribution in [0.4, 0.5) is 5.69 Å². The highest BCUT2D eigenvalue weighted by molar-refractivity contribution is 7.99. The van der Waals surface area contributed by atoms with Crippen molar-refractivity contribution in [3.63, 3.8) is 0 Å². The van der Waals surface area contributed by atoms with Gasteiger partial charge in [-0.05, 0) is 12.1 Å². The lowest BCUT2D eigenvalue weighted by Gasteiger charge is -2.23. The normalized spacial score (nSPS) is 15.6. The molecule has 1 amide bonds. The van der Waals surface area contributed by atoms with Gasteiger partial charge in [0.15, 0.2) is 6.54 Å². The fraction of sp³-hybridized carbons (Fsp3) is 0.429. The number of para-hydroxylation sites is 1. The Labute approximate surface area is 122 Å². The Balaban J connectivity index is 1.91. The highest BCUT2D eigenvalue weighted by Crippen LogP contribution is 2.26. The fourth-order valence-corrected chi connectivity index (χ4v) is 2.73. The van der Waals surface area contributed by atoms with Gasteiger partial charge < -0.3 is 15.0 Å². The van der Waals surface area contributed by atoms with Crippen LogP contribution in [0.2, 0.25) is 0 Å². The van der Waals surface area contributed by atoms with Gasteiger partial charge in [0.25, 0.3) is 5.91 Å². The summed E-state index contributed by atoms with van der Waals surface area (Å²) in [6, 6.07) is 9.67. The SMILES string of the molecule is N#CCSc1ccccc1NC(=O)C[NH+]1CCOCC1. The molecule has 106 valence electrons. The van der Waals surface area contributed by atoms with Crippen LogP contribution in [0, 0.1) is 11.3 Å². The number of nitrogens with one attached hydrogen (secondary N) is 2. The van der Waals surface area contributed by atoms with E-state index in [1.807, 2.05) is 24.3 Å². The third-order valence-corrected chi connectivity index (χ3v) is 4.00. The predicted octanol–water partition coefficient (Wildman–Crippen LogP) is 0.156. The van der Waals surface area contributed by atoms with E-state index >= 15 is 0 Å². The zero-order valence-electron chi connectivity index (χ0n) is 11.2. The zero-order valence-corrected chi connectivity index (χ0v) is 12.0. The number of nitriles is 1. The van der Waals surface area contributed by atoms with Gasteiger partial charge in [0, 0.05) is 4.90 Å². The van der Waals surface area contributed by atoms with Gasteiger partial charge in [-0.1, -0.05) is 12.1 Å². The largest absolute Gasteiger partial charge is 0.370 e. The maximum atomic E-state index is 12.1. The van der Waals surface area contributed by atoms with Crippen molar-refractivity contribution in [2.75, 3.05) is 43.9 Å². The van der Waals surface area contributed by atoms with Crippen LogP contribution in [0.5, 0.6) is 0 Å². The lowest BCUT2D eigenvalue weighted by molar-refractivity contribution is -0.899. The Hall–Kier alpha value is -1.55. The topological polar surface area (TPSA) is 66.6 Å². The van der Waals surface area contributed by atoms with E-state index in [1.165, 1.54) is 16.7 Å². The summed E-state index contributed by atoms with van der Waals surface area (Å²) in [5.41, 5.74) is 0.783. The third kappa shape index (κ3) is 4.53. The monoisotopic (exact) mass is 292 g/mol. The number of carbonyl (C=O) groups is 1. The standard InChI is InChI=1S/C14H17N3O2S/c15-5-10-20-13-4-2-1-3-12(13)16-14(18)11-17-6-8-19-9-7-17/h1-4H,6-11H2,(H,16,18)/p+1. The van der Waals surface area contributed by atoms with Crippen molar-refractivity contribution < 1.29 is 14.4 Å². The quantitative estimate of drug-likeness (QED) is 0.759. The Morgan fingerprint density at radius 3 is 2.90 bits per heavy atom. The summed E-state index contributed by atoms with van der Waals surface area (Å²) in [4.78, 5) is 14.2. The van der Waals surface area contributed by atoms with E-state index in [1.54, 1.807) is 0 Å². The summed E-state index contributed by atoms with van der Waals surface area (Å²) in [7, 11) is 0. The number of hydrogen-bond acceptors (Lipinski definition) is 4. The van der Waals surface area contributed by atoms with Crippen molar-refractivity contribution >= 4 is 23.4 Å². The number of nitrogens with zero attached hydrogens (tertiary/aromatic N) is 1. The molecule has 2 rings (SSSR count). The molecule has 1 fully saturated rings. The minimum Gasteiger partial charge on any atom is -0.370 e. The van der Waals surface area contributed by atoms with Crippen LogP contribution >= 0.6 is 11.8 Å². The first kappa shape index (κ1) is 14.9. The Bertz CT molecular complexity index is 495. The van der Waals surface area contributed by atoms with Crippen LogP contribution in [-0.4, -0.2) is 44.5 Å². The molecule has 0 atom stereocenters. The molecule has 20 heavy (non-hydrogen) atoms. The number of morpholine rings is 1. The smallest absolute Gasteiger partial charge is 0.279 e. The zero-order chi connectivity index (χ0) is 14.2. The average molecular weight is 292 g/mol. The number of amides is 1. The van der Waals surface area contributed by atoms with E-state index in [0.29, 0.717) is 12.3 Å². The van der Waals surface area contributed by atoms with Crippen molar-refractivity contribution in [2.45, 2.75) is 4.90 Å². The molecule has 2 N–H and O–H groups in total. The molecule has 0 aliphatic carbocycles. The first-order valence-corrected chi connectivity index (χ1v) is 7.58. The number of ether oxygens (including phenoxy) is 1. The highest BCUT2D eigenvalue weighted by Gasteiger charge is 2.18. The molecule has 1 aliphatic rings. The Morgan fingerprint density at radius 2 is 2.15 bits per heavy atom. The van der Waals surface area contributed by atoms with E-state index in [9.17, 15) is 4.79 Å². The lowest BCUT2D eigenvalue weighted by Crippen LogP contribution is -3.15. The Kier molecular flexibility index (Phi) is 5.87. The summed E-state index contributed by atoms with van der Waals surface area (Å²) in [6.07, 6.45) is 0. The van der Waals surface area contributed by atoms with Crippen molar-refractivity contribution in [3.8, 4) is 6.07 Å². The third-order valence-electron chi connectivity index (χ3n) is 3.06. The molecular formula is C14H18N3O2S+. The van der Waals surface area contributed by atoms with Crippen LogP contribution in [-0.2, 0) is 9.53 Å². The second-order valence-corrected chi connectivity index (χ2v) is 5.55. The van der Waals surface area contributed by atoms with Crippen molar-refractivity contribution in [1.29, 1.82) is 5.26 Å². The van der Waals surface area contributed by atoms with Crippen LogP contribution < -0.4 is 10.2 Å². The number of hydrogen-bond donors (Lipinski definition) is 2. The summed E-state index contributed by atoms with van der Waals surface area (Å²) in [5.74, 6) is 0.383. The molecule has 1 aliphatic heterocycles. The van der Waals surface area contributed by atoms with E-state index in [-0.39, 0.29) is 5.91 Å². The molecule has 0 unspecified atom stereocenters. The predicted molar refractivity (Wildman–Crippen MR) is 77.8 cm³/mol. The number of quaternary nitrogens is 1. The summed E-state index contributed by atoms with van der Waals surface area (Å²) in [6.45, 7) is 3.64. The molecule has 0 aromatic heterocycles. The minimum absolute atomic E-state index is 0.00640. The average Bonchev–Trinajstić information content (AvgIpc) is 2.47.